The van der Waals surface area contributed by atoms with Crippen LogP contribution >= 0.6 is 0 Å². The summed E-state index contributed by atoms with van der Waals surface area (Å²) in [5.41, 5.74) is 7.20. The summed E-state index contributed by atoms with van der Waals surface area (Å²) in [6, 6.07) is 17.6. The molecule has 4 aromatic rings. The van der Waals surface area contributed by atoms with Gasteiger partial charge in [-0.15, -0.1) is 0 Å². The highest BCUT2D eigenvalue weighted by Gasteiger charge is 2.23. The number of anilines is 2. The van der Waals surface area contributed by atoms with E-state index in [1.165, 1.54) is 0 Å². The van der Waals surface area contributed by atoms with E-state index >= 15 is 0 Å². The number of fused-ring (bicyclic) bond motifs is 1. The molecule has 33 heavy (non-hydrogen) atoms. The largest absolute Gasteiger partial charge is 0.438 e. The summed E-state index contributed by atoms with van der Waals surface area (Å²) in [5, 5.41) is 12.2. The van der Waals surface area contributed by atoms with Crippen molar-refractivity contribution in [2.45, 2.75) is 27.1 Å². The van der Waals surface area contributed by atoms with Gasteiger partial charge in [-0.3, -0.25) is 4.98 Å². The van der Waals surface area contributed by atoms with E-state index in [4.69, 9.17) is 14.7 Å². The topological polar surface area (TPSA) is 93.0 Å². The minimum absolute atomic E-state index is 0.416. The number of aromatic nitrogens is 3. The summed E-state index contributed by atoms with van der Waals surface area (Å²) in [5.74, 6) is 1.68. The van der Waals surface area contributed by atoms with Crippen molar-refractivity contribution in [3.05, 3.63) is 88.9 Å². The molecule has 7 heteroatoms. The molecule has 0 amide bonds. The van der Waals surface area contributed by atoms with Crippen molar-refractivity contribution in [3.8, 4) is 28.8 Å². The fourth-order valence-corrected chi connectivity index (χ4v) is 3.84. The maximum Gasteiger partial charge on any atom is 0.230 e. The molecule has 0 fully saturated rings. The molecule has 1 aliphatic rings. The first-order chi connectivity index (χ1) is 16.1. The van der Waals surface area contributed by atoms with Crippen LogP contribution in [0.2, 0.25) is 0 Å². The second-order valence-electron chi connectivity index (χ2n) is 7.87. The lowest BCUT2D eigenvalue weighted by molar-refractivity contribution is 0.132. The molecule has 1 aliphatic heterocycles. The number of ether oxygens (including phenoxy) is 2. The van der Waals surface area contributed by atoms with E-state index < -0.39 is 0 Å². The van der Waals surface area contributed by atoms with Crippen LogP contribution in [0, 0.1) is 25.2 Å². The SMILES string of the molecule is Cc1cc(-c2ccc(C#N)cc2)cc(C)c1Oc1nc(Nc2cccnc2)nc2c1COC2. The Morgan fingerprint density at radius 1 is 1.00 bits per heavy atom. The summed E-state index contributed by atoms with van der Waals surface area (Å²) in [7, 11) is 0. The second kappa shape index (κ2) is 8.69. The fourth-order valence-electron chi connectivity index (χ4n) is 3.84. The molecule has 1 N–H and O–H groups in total. The van der Waals surface area contributed by atoms with Gasteiger partial charge < -0.3 is 14.8 Å². The summed E-state index contributed by atoms with van der Waals surface area (Å²) < 4.78 is 12.0. The molecule has 0 bridgehead atoms. The quantitative estimate of drug-likeness (QED) is 0.436. The Hall–Kier alpha value is -4.28. The van der Waals surface area contributed by atoms with Gasteiger partial charge in [0.05, 0.1) is 48.0 Å². The van der Waals surface area contributed by atoms with Crippen LogP contribution in [0.4, 0.5) is 11.6 Å². The molecule has 162 valence electrons. The van der Waals surface area contributed by atoms with Crippen LogP contribution in [0.15, 0.2) is 60.9 Å². The molecule has 0 aliphatic carbocycles. The van der Waals surface area contributed by atoms with Crippen LogP contribution in [0.1, 0.15) is 27.9 Å². The molecular weight excluding hydrogens is 414 g/mol. The van der Waals surface area contributed by atoms with Crippen LogP contribution in [-0.4, -0.2) is 15.0 Å². The zero-order chi connectivity index (χ0) is 22.8. The Bertz CT molecular complexity index is 1340. The predicted molar refractivity (Wildman–Crippen MR) is 124 cm³/mol. The summed E-state index contributed by atoms with van der Waals surface area (Å²) in [4.78, 5) is 13.3. The molecule has 2 aromatic heterocycles. The highest BCUT2D eigenvalue weighted by molar-refractivity contribution is 5.68. The highest BCUT2D eigenvalue weighted by atomic mass is 16.5. The third kappa shape index (κ3) is 4.25. The van der Waals surface area contributed by atoms with E-state index in [1.807, 2.05) is 50.2 Å². The lowest BCUT2D eigenvalue weighted by Gasteiger charge is -2.16. The van der Waals surface area contributed by atoms with Crippen molar-refractivity contribution >= 4 is 11.6 Å². The molecule has 3 heterocycles. The van der Waals surface area contributed by atoms with Crippen LogP contribution in [0.25, 0.3) is 11.1 Å². The predicted octanol–water partition coefficient (Wildman–Crippen LogP) is 5.59. The summed E-state index contributed by atoms with van der Waals surface area (Å²) >= 11 is 0. The normalized spacial score (nSPS) is 12.2. The van der Waals surface area contributed by atoms with E-state index in [2.05, 4.69) is 38.5 Å². The van der Waals surface area contributed by atoms with Crippen molar-refractivity contribution in [3.63, 3.8) is 0 Å². The first kappa shape index (κ1) is 20.6. The van der Waals surface area contributed by atoms with Crippen LogP contribution in [0.5, 0.6) is 11.6 Å². The maximum absolute atomic E-state index is 9.04. The van der Waals surface area contributed by atoms with Gasteiger partial charge in [0.1, 0.15) is 5.75 Å². The molecule has 2 aromatic carbocycles. The van der Waals surface area contributed by atoms with Gasteiger partial charge in [-0.25, -0.2) is 4.98 Å². The first-order valence-corrected chi connectivity index (χ1v) is 10.5. The smallest absolute Gasteiger partial charge is 0.230 e. The van der Waals surface area contributed by atoms with Crippen LogP contribution in [-0.2, 0) is 18.0 Å². The van der Waals surface area contributed by atoms with E-state index in [1.54, 1.807) is 12.4 Å². The highest BCUT2D eigenvalue weighted by Crippen LogP contribution is 2.36. The van der Waals surface area contributed by atoms with Gasteiger partial charge in [-0.1, -0.05) is 12.1 Å². The molecule has 0 saturated carbocycles. The fraction of sp³-hybridized carbons (Fsp3) is 0.154. The lowest BCUT2D eigenvalue weighted by atomic mass is 9.99. The maximum atomic E-state index is 9.04. The average Bonchev–Trinajstić information content (AvgIpc) is 3.31. The third-order valence-corrected chi connectivity index (χ3v) is 5.46. The Kier molecular flexibility index (Phi) is 5.43. The molecular formula is C26H21N5O2. The van der Waals surface area contributed by atoms with Crippen molar-refractivity contribution in [2.75, 3.05) is 5.32 Å². The van der Waals surface area contributed by atoms with Gasteiger partial charge in [0.15, 0.2) is 0 Å². The number of hydrogen-bond acceptors (Lipinski definition) is 7. The Labute approximate surface area is 191 Å². The number of rotatable bonds is 5. The number of benzene rings is 2. The van der Waals surface area contributed by atoms with Gasteiger partial charge in [0.2, 0.25) is 11.8 Å². The number of nitrogens with zero attached hydrogens (tertiary/aromatic N) is 4. The Morgan fingerprint density at radius 3 is 2.48 bits per heavy atom. The third-order valence-electron chi connectivity index (χ3n) is 5.46. The molecule has 5 rings (SSSR count). The van der Waals surface area contributed by atoms with Crippen LogP contribution in [0.3, 0.4) is 0 Å². The van der Waals surface area contributed by atoms with Gasteiger partial charge in [0.25, 0.3) is 0 Å². The number of nitriles is 1. The van der Waals surface area contributed by atoms with E-state index in [0.717, 1.165) is 44.9 Å². The zero-order valence-electron chi connectivity index (χ0n) is 18.3. The zero-order valence-corrected chi connectivity index (χ0v) is 18.3. The monoisotopic (exact) mass is 435 g/mol. The van der Waals surface area contributed by atoms with E-state index in [-0.39, 0.29) is 0 Å². The number of hydrogen-bond donors (Lipinski definition) is 1. The molecule has 0 unspecified atom stereocenters. The number of aryl methyl sites for hydroxylation is 2. The number of nitrogens with one attached hydrogen (secondary N) is 1. The molecule has 0 spiro atoms. The lowest BCUT2D eigenvalue weighted by Crippen LogP contribution is -2.05. The van der Waals surface area contributed by atoms with Crippen LogP contribution < -0.4 is 10.1 Å². The standard InChI is InChI=1S/C26H21N5O2/c1-16-10-20(19-7-5-18(12-27)6-8-19)11-17(2)24(16)33-25-22-14-32-15-23(22)30-26(31-25)29-21-4-3-9-28-13-21/h3-11,13H,14-15H2,1-2H3,(H,29,30,31). The molecule has 0 atom stereocenters. The van der Waals surface area contributed by atoms with Gasteiger partial charge in [0, 0.05) is 6.20 Å². The molecule has 0 saturated heterocycles. The summed E-state index contributed by atoms with van der Waals surface area (Å²) in [6.45, 7) is 4.87. The Morgan fingerprint density at radius 2 is 1.79 bits per heavy atom. The van der Waals surface area contributed by atoms with Gasteiger partial charge >= 0.3 is 0 Å². The minimum atomic E-state index is 0.416. The first-order valence-electron chi connectivity index (χ1n) is 10.5. The second-order valence-corrected chi connectivity index (χ2v) is 7.87. The van der Waals surface area contributed by atoms with Crippen molar-refractivity contribution in [1.82, 2.24) is 15.0 Å². The van der Waals surface area contributed by atoms with Crippen molar-refractivity contribution in [1.29, 1.82) is 5.26 Å². The van der Waals surface area contributed by atoms with E-state index in [9.17, 15) is 0 Å². The van der Waals surface area contributed by atoms with Gasteiger partial charge in [-0.05, 0) is 72.5 Å². The molecule has 7 nitrogen and oxygen atoms in total. The van der Waals surface area contributed by atoms with Crippen molar-refractivity contribution < 1.29 is 9.47 Å². The minimum Gasteiger partial charge on any atom is -0.438 e. The average molecular weight is 435 g/mol. The summed E-state index contributed by atoms with van der Waals surface area (Å²) in [6.07, 6.45) is 3.42. The van der Waals surface area contributed by atoms with Crippen molar-refractivity contribution in [2.24, 2.45) is 0 Å². The Balaban J connectivity index is 1.48. The van der Waals surface area contributed by atoms with Gasteiger partial charge in [-0.2, -0.15) is 10.2 Å². The molecule has 0 radical (unpaired) electrons. The number of pyridine rings is 1. The van der Waals surface area contributed by atoms with E-state index in [0.29, 0.717) is 30.6 Å².